The Kier molecular flexibility index (Phi) is 6.84. The molecule has 4 rings (SSSR count). The first-order chi connectivity index (χ1) is 15.4. The van der Waals surface area contributed by atoms with Gasteiger partial charge in [0.25, 0.3) is 5.91 Å². The van der Waals surface area contributed by atoms with Crippen LogP contribution in [0.2, 0.25) is 10.0 Å². The normalized spacial score (nSPS) is 15.9. The van der Waals surface area contributed by atoms with Crippen molar-refractivity contribution in [3.63, 3.8) is 0 Å². The number of thioether (sulfide) groups is 1. The summed E-state index contributed by atoms with van der Waals surface area (Å²) < 4.78 is 19.0. The van der Waals surface area contributed by atoms with Crippen LogP contribution >= 0.6 is 35.0 Å². The van der Waals surface area contributed by atoms with Crippen molar-refractivity contribution in [1.29, 1.82) is 0 Å². The number of benzene rings is 3. The maximum absolute atomic E-state index is 13.3. The fourth-order valence-electron chi connectivity index (χ4n) is 2.95. The van der Waals surface area contributed by atoms with E-state index in [1.165, 1.54) is 23.9 Å². The molecule has 0 saturated carbocycles. The van der Waals surface area contributed by atoms with Gasteiger partial charge in [-0.25, -0.2) is 9.38 Å². The third-order valence-electron chi connectivity index (χ3n) is 4.51. The van der Waals surface area contributed by atoms with Crippen LogP contribution in [0.25, 0.3) is 6.08 Å². The van der Waals surface area contributed by atoms with Gasteiger partial charge in [-0.2, -0.15) is 0 Å². The molecule has 1 saturated heterocycles. The Morgan fingerprint density at radius 1 is 1.09 bits per heavy atom. The van der Waals surface area contributed by atoms with E-state index in [1.807, 2.05) is 31.2 Å². The van der Waals surface area contributed by atoms with Crippen molar-refractivity contribution < 1.29 is 13.9 Å². The average Bonchev–Trinajstić information content (AvgIpc) is 3.08. The molecule has 0 spiro atoms. The van der Waals surface area contributed by atoms with E-state index >= 15 is 0 Å². The minimum atomic E-state index is -0.345. The fourth-order valence-corrected chi connectivity index (χ4v) is 4.41. The van der Waals surface area contributed by atoms with Gasteiger partial charge in [0.15, 0.2) is 10.9 Å². The zero-order valence-corrected chi connectivity index (χ0v) is 19.2. The van der Waals surface area contributed by atoms with Crippen molar-refractivity contribution >= 4 is 57.8 Å². The maximum Gasteiger partial charge on any atom is 0.264 e. The summed E-state index contributed by atoms with van der Waals surface area (Å²) in [4.78, 5) is 17.3. The summed E-state index contributed by atoms with van der Waals surface area (Å²) in [6.07, 6.45) is 1.69. The van der Waals surface area contributed by atoms with Gasteiger partial charge in [-0.05, 0) is 72.3 Å². The minimum absolute atomic E-state index is 0.120. The van der Waals surface area contributed by atoms with E-state index in [9.17, 15) is 9.18 Å². The summed E-state index contributed by atoms with van der Waals surface area (Å²) in [5.41, 5.74) is 3.19. The van der Waals surface area contributed by atoms with Crippen LogP contribution in [-0.2, 0) is 11.4 Å². The standard InChI is InChI=1S/C24H17Cl2FN2O2S/c1-14-5-7-18(8-6-14)28-24-29-23(30)21(32-24)12-16-10-19(25)22(20(26)11-16)31-13-15-3-2-4-17(27)9-15/h2-12H,13H2,1H3,(H,28,29,30)/b21-12+. The molecule has 1 aliphatic heterocycles. The van der Waals surface area contributed by atoms with E-state index in [4.69, 9.17) is 27.9 Å². The van der Waals surface area contributed by atoms with E-state index in [-0.39, 0.29) is 28.4 Å². The largest absolute Gasteiger partial charge is 0.486 e. The summed E-state index contributed by atoms with van der Waals surface area (Å²) in [6.45, 7) is 2.12. The van der Waals surface area contributed by atoms with Crippen LogP contribution < -0.4 is 10.1 Å². The molecule has 0 bridgehead atoms. The molecule has 0 aromatic heterocycles. The number of aliphatic imine (C=N–C) groups is 1. The second kappa shape index (κ2) is 9.77. The Labute approximate surface area is 199 Å². The highest BCUT2D eigenvalue weighted by atomic mass is 35.5. The second-order valence-electron chi connectivity index (χ2n) is 7.05. The van der Waals surface area contributed by atoms with Gasteiger partial charge in [0.05, 0.1) is 20.6 Å². The molecular weight excluding hydrogens is 470 g/mol. The van der Waals surface area contributed by atoms with Crippen LogP contribution in [0.3, 0.4) is 0 Å². The number of carbonyl (C=O) groups excluding carboxylic acids is 1. The van der Waals surface area contributed by atoms with Crippen molar-refractivity contribution in [2.75, 3.05) is 0 Å². The summed E-state index contributed by atoms with van der Waals surface area (Å²) in [6, 6.07) is 17.1. The first kappa shape index (κ1) is 22.4. The monoisotopic (exact) mass is 486 g/mol. The molecule has 0 aliphatic carbocycles. The van der Waals surface area contributed by atoms with E-state index in [0.717, 1.165) is 11.3 Å². The summed E-state index contributed by atoms with van der Waals surface area (Å²) >= 11 is 14.0. The molecule has 1 N–H and O–H groups in total. The Morgan fingerprint density at radius 3 is 2.50 bits per heavy atom. The lowest BCUT2D eigenvalue weighted by molar-refractivity contribution is -0.115. The predicted molar refractivity (Wildman–Crippen MR) is 129 cm³/mol. The van der Waals surface area contributed by atoms with Gasteiger partial charge in [0.2, 0.25) is 0 Å². The number of rotatable bonds is 5. The van der Waals surface area contributed by atoms with Gasteiger partial charge in [0.1, 0.15) is 12.4 Å². The van der Waals surface area contributed by atoms with Gasteiger partial charge < -0.3 is 10.1 Å². The van der Waals surface area contributed by atoms with Crippen LogP contribution in [0.5, 0.6) is 5.75 Å². The molecule has 1 aliphatic rings. The summed E-state index contributed by atoms with van der Waals surface area (Å²) in [7, 11) is 0. The Hall–Kier alpha value is -2.80. The molecule has 3 aromatic carbocycles. The Bertz CT molecular complexity index is 1220. The molecule has 1 fully saturated rings. The topological polar surface area (TPSA) is 50.7 Å². The molecule has 0 radical (unpaired) electrons. The third-order valence-corrected chi connectivity index (χ3v) is 5.98. The van der Waals surface area contributed by atoms with Crippen molar-refractivity contribution in [3.8, 4) is 5.75 Å². The van der Waals surface area contributed by atoms with E-state index in [0.29, 0.717) is 26.9 Å². The van der Waals surface area contributed by atoms with Gasteiger partial charge in [-0.1, -0.05) is 53.0 Å². The number of nitrogens with zero attached hydrogens (tertiary/aromatic N) is 1. The fraction of sp³-hybridized carbons (Fsp3) is 0.0833. The van der Waals surface area contributed by atoms with Crippen LogP contribution in [-0.4, -0.2) is 11.1 Å². The molecule has 3 aromatic rings. The minimum Gasteiger partial charge on any atom is -0.486 e. The first-order valence-electron chi connectivity index (χ1n) is 9.60. The molecule has 0 unspecified atom stereocenters. The van der Waals surface area contributed by atoms with E-state index in [2.05, 4.69) is 10.3 Å². The number of hydrogen-bond acceptors (Lipinski definition) is 4. The number of halogens is 3. The van der Waals surface area contributed by atoms with Gasteiger partial charge in [0, 0.05) is 0 Å². The number of nitrogens with one attached hydrogen (secondary N) is 1. The van der Waals surface area contributed by atoms with Gasteiger partial charge in [-0.15, -0.1) is 0 Å². The van der Waals surface area contributed by atoms with E-state index < -0.39 is 0 Å². The van der Waals surface area contributed by atoms with Crippen molar-refractivity contribution in [1.82, 2.24) is 5.32 Å². The van der Waals surface area contributed by atoms with Gasteiger partial charge in [-0.3, -0.25) is 4.79 Å². The lowest BCUT2D eigenvalue weighted by atomic mass is 10.2. The van der Waals surface area contributed by atoms with Crippen LogP contribution in [0, 0.1) is 12.7 Å². The smallest absolute Gasteiger partial charge is 0.264 e. The molecule has 32 heavy (non-hydrogen) atoms. The molecule has 1 heterocycles. The van der Waals surface area contributed by atoms with Gasteiger partial charge >= 0.3 is 0 Å². The number of ether oxygens (including phenoxy) is 1. The number of hydrogen-bond donors (Lipinski definition) is 1. The zero-order chi connectivity index (χ0) is 22.7. The number of aryl methyl sites for hydroxylation is 1. The lowest BCUT2D eigenvalue weighted by Crippen LogP contribution is -2.19. The molecule has 4 nitrogen and oxygen atoms in total. The quantitative estimate of drug-likeness (QED) is 0.398. The van der Waals surface area contributed by atoms with Crippen molar-refractivity contribution in [2.24, 2.45) is 4.99 Å². The molecule has 1 amide bonds. The van der Waals surface area contributed by atoms with E-state index in [1.54, 1.807) is 30.3 Å². The molecule has 162 valence electrons. The predicted octanol–water partition coefficient (Wildman–Crippen LogP) is 6.91. The summed E-state index contributed by atoms with van der Waals surface area (Å²) in [5.74, 6) is -0.299. The van der Waals surface area contributed by atoms with Crippen molar-refractivity contribution in [2.45, 2.75) is 13.5 Å². The number of carbonyl (C=O) groups is 1. The van der Waals surface area contributed by atoms with Crippen LogP contribution in [0.15, 0.2) is 70.6 Å². The highest BCUT2D eigenvalue weighted by molar-refractivity contribution is 8.18. The Morgan fingerprint density at radius 2 is 1.81 bits per heavy atom. The lowest BCUT2D eigenvalue weighted by Gasteiger charge is -2.11. The number of amides is 1. The Balaban J connectivity index is 1.50. The summed E-state index contributed by atoms with van der Waals surface area (Å²) in [5, 5.41) is 3.83. The molecular formula is C24H17Cl2FN2O2S. The SMILES string of the molecule is Cc1ccc(N=C2NC(=O)/C(=C\c3cc(Cl)c(OCc4cccc(F)c4)c(Cl)c3)S2)cc1. The maximum atomic E-state index is 13.3. The highest BCUT2D eigenvalue weighted by Gasteiger charge is 2.24. The van der Waals surface area contributed by atoms with Crippen LogP contribution in [0.1, 0.15) is 16.7 Å². The second-order valence-corrected chi connectivity index (χ2v) is 8.89. The molecule has 0 atom stereocenters. The number of amidine groups is 1. The van der Waals surface area contributed by atoms with Crippen LogP contribution in [0.4, 0.5) is 10.1 Å². The third kappa shape index (κ3) is 5.51. The average molecular weight is 487 g/mol. The van der Waals surface area contributed by atoms with Crippen molar-refractivity contribution in [3.05, 3.63) is 98.1 Å². The zero-order valence-electron chi connectivity index (χ0n) is 16.9. The highest BCUT2D eigenvalue weighted by Crippen LogP contribution is 2.37. The first-order valence-corrected chi connectivity index (χ1v) is 11.2. The molecule has 8 heteroatoms.